The van der Waals surface area contributed by atoms with Crippen LogP contribution in [0.1, 0.15) is 29.7 Å². The van der Waals surface area contributed by atoms with Gasteiger partial charge in [-0.15, -0.1) is 21.5 Å². The largest absolute Gasteiger partial charge is 0.418 e. The molecule has 0 spiro atoms. The summed E-state index contributed by atoms with van der Waals surface area (Å²) >= 11 is 1.57. The van der Waals surface area contributed by atoms with E-state index in [4.69, 9.17) is 4.42 Å². The van der Waals surface area contributed by atoms with E-state index in [0.717, 1.165) is 16.2 Å². The molecule has 25 heavy (non-hydrogen) atoms. The Morgan fingerprint density at radius 2 is 1.96 bits per heavy atom. The van der Waals surface area contributed by atoms with E-state index in [1.807, 2.05) is 19.1 Å². The van der Waals surface area contributed by atoms with Crippen molar-refractivity contribution in [3.63, 3.8) is 0 Å². The van der Waals surface area contributed by atoms with Crippen molar-refractivity contribution in [2.45, 2.75) is 30.7 Å². The van der Waals surface area contributed by atoms with Crippen molar-refractivity contribution in [3.05, 3.63) is 53.2 Å². The van der Waals surface area contributed by atoms with Crippen LogP contribution < -0.4 is 0 Å². The Hall–Kier alpha value is -2.03. The Morgan fingerprint density at radius 1 is 1.16 bits per heavy atom. The number of sulfonamides is 1. The van der Waals surface area contributed by atoms with Crippen LogP contribution in [-0.2, 0) is 10.0 Å². The van der Waals surface area contributed by atoms with Crippen molar-refractivity contribution in [2.75, 3.05) is 6.54 Å². The molecule has 0 bridgehead atoms. The van der Waals surface area contributed by atoms with Crippen LogP contribution in [0.5, 0.6) is 0 Å². The fourth-order valence-electron chi connectivity index (χ4n) is 3.02. The molecule has 130 valence electrons. The summed E-state index contributed by atoms with van der Waals surface area (Å²) in [5.74, 6) is 0.801. The SMILES string of the molecule is Cc1ccc(-c2nnc([C@@H]3CCCN3S(=O)(=O)c3ccccc3)o2)s1. The second-order valence-corrected chi connectivity index (χ2v) is 9.12. The maximum Gasteiger partial charge on any atom is 0.257 e. The van der Waals surface area contributed by atoms with Crippen LogP contribution in [0.25, 0.3) is 10.8 Å². The summed E-state index contributed by atoms with van der Waals surface area (Å²) in [6.45, 7) is 2.47. The molecular formula is C17H17N3O3S2. The van der Waals surface area contributed by atoms with Crippen molar-refractivity contribution >= 4 is 21.4 Å². The van der Waals surface area contributed by atoms with Gasteiger partial charge in [-0.2, -0.15) is 4.31 Å². The van der Waals surface area contributed by atoms with Gasteiger partial charge < -0.3 is 4.42 Å². The van der Waals surface area contributed by atoms with Gasteiger partial charge in [-0.25, -0.2) is 8.42 Å². The molecule has 1 aliphatic rings. The summed E-state index contributed by atoms with van der Waals surface area (Å²) in [5.41, 5.74) is 0. The summed E-state index contributed by atoms with van der Waals surface area (Å²) in [7, 11) is -3.58. The van der Waals surface area contributed by atoms with E-state index in [9.17, 15) is 8.42 Å². The zero-order valence-corrected chi connectivity index (χ0v) is 15.3. The normalized spacial score (nSPS) is 18.7. The lowest BCUT2D eigenvalue weighted by Crippen LogP contribution is -2.30. The van der Waals surface area contributed by atoms with Gasteiger partial charge in [0.25, 0.3) is 5.89 Å². The minimum absolute atomic E-state index is 0.288. The third-order valence-electron chi connectivity index (χ3n) is 4.23. The zero-order valence-electron chi connectivity index (χ0n) is 13.6. The summed E-state index contributed by atoms with van der Waals surface area (Å²) in [6.07, 6.45) is 1.45. The van der Waals surface area contributed by atoms with E-state index in [2.05, 4.69) is 10.2 Å². The van der Waals surface area contributed by atoms with Crippen LogP contribution in [-0.4, -0.2) is 29.5 Å². The molecule has 0 aliphatic carbocycles. The van der Waals surface area contributed by atoms with Gasteiger partial charge in [-0.1, -0.05) is 18.2 Å². The predicted molar refractivity (Wildman–Crippen MR) is 94.7 cm³/mol. The van der Waals surface area contributed by atoms with Gasteiger partial charge in [0.15, 0.2) is 0 Å². The van der Waals surface area contributed by atoms with E-state index in [0.29, 0.717) is 24.7 Å². The molecule has 3 aromatic rings. The van der Waals surface area contributed by atoms with Crippen molar-refractivity contribution in [2.24, 2.45) is 0 Å². The minimum atomic E-state index is -3.58. The van der Waals surface area contributed by atoms with Gasteiger partial charge in [0.2, 0.25) is 15.9 Å². The number of benzene rings is 1. The molecule has 0 unspecified atom stereocenters. The maximum atomic E-state index is 12.9. The van der Waals surface area contributed by atoms with Crippen molar-refractivity contribution < 1.29 is 12.8 Å². The molecule has 4 rings (SSSR count). The molecule has 0 N–H and O–H groups in total. The highest BCUT2D eigenvalue weighted by Crippen LogP contribution is 2.37. The lowest BCUT2D eigenvalue weighted by Gasteiger charge is -2.21. The first kappa shape index (κ1) is 16.4. The molecule has 1 aromatic carbocycles. The van der Waals surface area contributed by atoms with Crippen LogP contribution >= 0.6 is 11.3 Å². The van der Waals surface area contributed by atoms with E-state index >= 15 is 0 Å². The van der Waals surface area contributed by atoms with Crippen LogP contribution in [0.2, 0.25) is 0 Å². The number of hydrogen-bond donors (Lipinski definition) is 0. The topological polar surface area (TPSA) is 76.3 Å². The lowest BCUT2D eigenvalue weighted by molar-refractivity contribution is 0.332. The standard InChI is InChI=1S/C17H17N3O3S2/c1-12-9-10-15(24-12)17-19-18-16(23-17)14-8-5-11-20(14)25(21,22)13-6-3-2-4-7-13/h2-4,6-7,9-10,14H,5,8,11H2,1H3/t14-/m0/s1. The Morgan fingerprint density at radius 3 is 2.68 bits per heavy atom. The van der Waals surface area contributed by atoms with Gasteiger partial charge in [0.1, 0.15) is 6.04 Å². The molecule has 8 heteroatoms. The molecule has 3 heterocycles. The molecule has 1 fully saturated rings. The summed E-state index contributed by atoms with van der Waals surface area (Å²) in [6, 6.07) is 12.0. The zero-order chi connectivity index (χ0) is 17.4. The van der Waals surface area contributed by atoms with Gasteiger partial charge >= 0.3 is 0 Å². The molecular weight excluding hydrogens is 358 g/mol. The van der Waals surface area contributed by atoms with Crippen LogP contribution in [0.4, 0.5) is 0 Å². The van der Waals surface area contributed by atoms with Gasteiger partial charge in [0.05, 0.1) is 9.77 Å². The molecule has 1 aliphatic heterocycles. The second-order valence-electron chi connectivity index (χ2n) is 5.94. The van der Waals surface area contributed by atoms with Gasteiger partial charge in [-0.3, -0.25) is 0 Å². The quantitative estimate of drug-likeness (QED) is 0.696. The van der Waals surface area contributed by atoms with Crippen LogP contribution in [0, 0.1) is 6.92 Å². The van der Waals surface area contributed by atoms with Crippen LogP contribution in [0.3, 0.4) is 0 Å². The van der Waals surface area contributed by atoms with E-state index in [-0.39, 0.29) is 4.90 Å². The highest BCUT2D eigenvalue weighted by molar-refractivity contribution is 7.89. The molecule has 1 atom stereocenters. The van der Waals surface area contributed by atoms with Crippen molar-refractivity contribution in [1.29, 1.82) is 0 Å². The summed E-state index contributed by atoms with van der Waals surface area (Å²) in [5, 5.41) is 8.23. The third-order valence-corrected chi connectivity index (χ3v) is 7.14. The molecule has 0 saturated carbocycles. The van der Waals surface area contributed by atoms with Gasteiger partial charge in [-0.05, 0) is 44.0 Å². The molecule has 1 saturated heterocycles. The van der Waals surface area contributed by atoms with E-state index in [1.54, 1.807) is 41.7 Å². The maximum absolute atomic E-state index is 12.9. The van der Waals surface area contributed by atoms with E-state index < -0.39 is 16.1 Å². The number of nitrogens with zero attached hydrogens (tertiary/aromatic N) is 3. The Bertz CT molecular complexity index is 980. The molecule has 0 radical (unpaired) electrons. The second kappa shape index (κ2) is 6.36. The highest BCUT2D eigenvalue weighted by Gasteiger charge is 2.39. The highest BCUT2D eigenvalue weighted by atomic mass is 32.2. The van der Waals surface area contributed by atoms with E-state index in [1.165, 1.54) is 4.31 Å². The number of aryl methyl sites for hydroxylation is 1. The number of thiophene rings is 1. The molecule has 2 aromatic heterocycles. The number of rotatable bonds is 4. The van der Waals surface area contributed by atoms with Crippen molar-refractivity contribution in [3.8, 4) is 10.8 Å². The monoisotopic (exact) mass is 375 g/mol. The summed E-state index contributed by atoms with van der Waals surface area (Å²) < 4.78 is 33.2. The minimum Gasteiger partial charge on any atom is -0.418 e. The first-order valence-electron chi connectivity index (χ1n) is 8.03. The fourth-order valence-corrected chi connectivity index (χ4v) is 5.48. The third kappa shape index (κ3) is 3.01. The smallest absolute Gasteiger partial charge is 0.257 e. The fraction of sp³-hybridized carbons (Fsp3) is 0.294. The first-order valence-corrected chi connectivity index (χ1v) is 10.3. The number of hydrogen-bond acceptors (Lipinski definition) is 6. The Balaban J connectivity index is 1.65. The molecule has 0 amide bonds. The number of aromatic nitrogens is 2. The van der Waals surface area contributed by atoms with Crippen LogP contribution in [0.15, 0.2) is 51.8 Å². The molecule has 6 nitrogen and oxygen atoms in total. The Kier molecular flexibility index (Phi) is 4.18. The predicted octanol–water partition coefficient (Wildman–Crippen LogP) is 3.63. The summed E-state index contributed by atoms with van der Waals surface area (Å²) in [4.78, 5) is 2.34. The first-order chi connectivity index (χ1) is 12.1. The van der Waals surface area contributed by atoms with Gasteiger partial charge in [0, 0.05) is 11.4 Å². The Labute approximate surface area is 150 Å². The lowest BCUT2D eigenvalue weighted by atomic mass is 10.2. The average Bonchev–Trinajstić information content (AvgIpc) is 3.35. The van der Waals surface area contributed by atoms with Crippen molar-refractivity contribution in [1.82, 2.24) is 14.5 Å². The average molecular weight is 375 g/mol.